The van der Waals surface area contributed by atoms with Gasteiger partial charge in [0.25, 0.3) is 5.91 Å². The molecule has 1 heterocycles. The predicted octanol–water partition coefficient (Wildman–Crippen LogP) is 4.38. The zero-order valence-electron chi connectivity index (χ0n) is 14.5. The quantitative estimate of drug-likeness (QED) is 0.624. The summed E-state index contributed by atoms with van der Waals surface area (Å²) in [6, 6.07) is 23.1. The summed E-state index contributed by atoms with van der Waals surface area (Å²) < 4.78 is 5.67. The van der Waals surface area contributed by atoms with E-state index in [0.717, 1.165) is 10.6 Å². The number of rotatable bonds is 7. The smallest absolute Gasteiger partial charge is 0.256 e. The number of aromatic nitrogens is 1. The minimum atomic E-state index is -0.0619. The Morgan fingerprint density at radius 2 is 1.69 bits per heavy atom. The van der Waals surface area contributed by atoms with Gasteiger partial charge in [0.1, 0.15) is 17.4 Å². The van der Waals surface area contributed by atoms with Gasteiger partial charge in [0, 0.05) is 18.1 Å². The largest absolute Gasteiger partial charge is 0.492 e. The first-order valence-electron chi connectivity index (χ1n) is 8.35. The highest BCUT2D eigenvalue weighted by Crippen LogP contribution is 2.28. The Balaban J connectivity index is 1.63. The van der Waals surface area contributed by atoms with Gasteiger partial charge in [0.2, 0.25) is 0 Å². The van der Waals surface area contributed by atoms with E-state index in [1.807, 2.05) is 66.7 Å². The molecule has 0 fully saturated rings. The van der Waals surface area contributed by atoms with Crippen LogP contribution in [0, 0.1) is 0 Å². The van der Waals surface area contributed by atoms with Crippen LogP contribution in [0.5, 0.6) is 5.75 Å². The Kier molecular flexibility index (Phi) is 6.28. The van der Waals surface area contributed by atoms with Gasteiger partial charge in [-0.25, -0.2) is 4.98 Å². The highest BCUT2D eigenvalue weighted by molar-refractivity contribution is 7.99. The molecule has 0 aliphatic rings. The molecule has 0 atom stereocenters. The van der Waals surface area contributed by atoms with Gasteiger partial charge in [0.05, 0.1) is 12.1 Å². The maximum Gasteiger partial charge on any atom is 0.256 e. The molecule has 3 aromatic rings. The van der Waals surface area contributed by atoms with Gasteiger partial charge >= 0.3 is 0 Å². The van der Waals surface area contributed by atoms with Crippen molar-refractivity contribution in [3.05, 3.63) is 84.6 Å². The molecule has 0 radical (unpaired) electrons. The number of hydrogen-bond donors (Lipinski definition) is 0. The van der Waals surface area contributed by atoms with Crippen molar-refractivity contribution < 1.29 is 9.53 Å². The lowest BCUT2D eigenvalue weighted by Gasteiger charge is -2.18. The topological polar surface area (TPSA) is 42.4 Å². The van der Waals surface area contributed by atoms with E-state index in [1.54, 1.807) is 24.2 Å². The van der Waals surface area contributed by atoms with Crippen LogP contribution in [0.15, 0.2) is 88.9 Å². The molecular weight excluding hydrogens is 344 g/mol. The fraction of sp³-hybridized carbons (Fsp3) is 0.143. The second-order valence-corrected chi connectivity index (χ2v) is 6.72. The molecule has 2 aromatic carbocycles. The average molecular weight is 364 g/mol. The van der Waals surface area contributed by atoms with Crippen molar-refractivity contribution in [3.8, 4) is 5.75 Å². The summed E-state index contributed by atoms with van der Waals surface area (Å²) in [5, 5.41) is 0.708. The highest BCUT2D eigenvalue weighted by Gasteiger charge is 2.17. The standard InChI is InChI=1S/C21H20N2O2S/c1-23(15-16-25-17-9-4-2-5-10-17)21(24)19-13-8-14-22-20(19)26-18-11-6-3-7-12-18/h2-14H,15-16H2,1H3. The molecule has 0 unspecified atom stereocenters. The zero-order valence-corrected chi connectivity index (χ0v) is 15.4. The van der Waals surface area contributed by atoms with Gasteiger partial charge < -0.3 is 9.64 Å². The van der Waals surface area contributed by atoms with Crippen molar-refractivity contribution in [1.82, 2.24) is 9.88 Å². The highest BCUT2D eigenvalue weighted by atomic mass is 32.2. The molecule has 0 aliphatic heterocycles. The van der Waals surface area contributed by atoms with E-state index in [1.165, 1.54) is 11.8 Å². The third-order valence-corrected chi connectivity index (χ3v) is 4.77. The lowest BCUT2D eigenvalue weighted by molar-refractivity contribution is 0.0769. The first-order valence-corrected chi connectivity index (χ1v) is 9.17. The summed E-state index contributed by atoms with van der Waals surface area (Å²) in [7, 11) is 1.78. The van der Waals surface area contributed by atoms with Gasteiger partial charge in [-0.3, -0.25) is 4.79 Å². The number of pyridine rings is 1. The molecule has 3 rings (SSSR count). The van der Waals surface area contributed by atoms with E-state index >= 15 is 0 Å². The summed E-state index contributed by atoms with van der Waals surface area (Å²) in [6.45, 7) is 0.936. The minimum absolute atomic E-state index is 0.0619. The molecule has 0 saturated carbocycles. The zero-order chi connectivity index (χ0) is 18.2. The van der Waals surface area contributed by atoms with Crippen LogP contribution in [0.3, 0.4) is 0 Å². The van der Waals surface area contributed by atoms with Gasteiger partial charge in [-0.1, -0.05) is 48.2 Å². The maximum absolute atomic E-state index is 12.8. The molecule has 26 heavy (non-hydrogen) atoms. The van der Waals surface area contributed by atoms with E-state index in [9.17, 15) is 4.79 Å². The lowest BCUT2D eigenvalue weighted by Crippen LogP contribution is -2.31. The Labute approximate surface area is 157 Å². The van der Waals surface area contributed by atoms with E-state index < -0.39 is 0 Å². The molecule has 0 saturated heterocycles. The number of likely N-dealkylation sites (N-methyl/N-ethyl adjacent to an activating group) is 1. The van der Waals surface area contributed by atoms with Crippen LogP contribution in [0.4, 0.5) is 0 Å². The van der Waals surface area contributed by atoms with Crippen LogP contribution in [0.2, 0.25) is 0 Å². The average Bonchev–Trinajstić information content (AvgIpc) is 2.69. The Bertz CT molecular complexity index is 841. The van der Waals surface area contributed by atoms with Crippen LogP contribution in [-0.4, -0.2) is 36.0 Å². The second-order valence-electron chi connectivity index (χ2n) is 5.66. The van der Waals surface area contributed by atoms with Gasteiger partial charge in [-0.15, -0.1) is 0 Å². The molecule has 132 valence electrons. The van der Waals surface area contributed by atoms with Crippen molar-refractivity contribution in [3.63, 3.8) is 0 Å². The molecule has 1 aromatic heterocycles. The van der Waals surface area contributed by atoms with Crippen LogP contribution in [0.1, 0.15) is 10.4 Å². The summed E-state index contributed by atoms with van der Waals surface area (Å²) in [4.78, 5) is 19.9. The predicted molar refractivity (Wildman–Crippen MR) is 104 cm³/mol. The maximum atomic E-state index is 12.8. The Morgan fingerprint density at radius 3 is 2.42 bits per heavy atom. The van der Waals surface area contributed by atoms with Crippen molar-refractivity contribution in [2.45, 2.75) is 9.92 Å². The molecule has 0 spiro atoms. The molecular formula is C21H20N2O2S. The third-order valence-electron chi connectivity index (χ3n) is 3.74. The van der Waals surface area contributed by atoms with Crippen molar-refractivity contribution in [1.29, 1.82) is 0 Å². The minimum Gasteiger partial charge on any atom is -0.492 e. The van der Waals surface area contributed by atoms with E-state index in [-0.39, 0.29) is 5.91 Å². The van der Waals surface area contributed by atoms with Crippen LogP contribution in [0.25, 0.3) is 0 Å². The number of carbonyl (C=O) groups excluding carboxylic acids is 1. The molecule has 1 amide bonds. The Morgan fingerprint density at radius 1 is 1.00 bits per heavy atom. The number of hydrogen-bond acceptors (Lipinski definition) is 4. The second kappa shape index (κ2) is 9.06. The number of nitrogens with zero attached hydrogens (tertiary/aromatic N) is 2. The number of carbonyl (C=O) groups is 1. The summed E-state index contributed by atoms with van der Waals surface area (Å²) >= 11 is 1.49. The van der Waals surface area contributed by atoms with Crippen molar-refractivity contribution in [2.75, 3.05) is 20.2 Å². The first-order chi connectivity index (χ1) is 12.7. The summed E-state index contributed by atoms with van der Waals surface area (Å²) in [5.74, 6) is 0.739. The van der Waals surface area contributed by atoms with E-state index in [2.05, 4.69) is 4.98 Å². The fourth-order valence-corrected chi connectivity index (χ4v) is 3.25. The normalized spacial score (nSPS) is 10.3. The van der Waals surface area contributed by atoms with Gasteiger partial charge in [-0.05, 0) is 36.4 Å². The number of ether oxygens (including phenoxy) is 1. The number of benzene rings is 2. The number of para-hydroxylation sites is 1. The van der Waals surface area contributed by atoms with Crippen LogP contribution in [-0.2, 0) is 0 Å². The molecule has 0 N–H and O–H groups in total. The van der Waals surface area contributed by atoms with Crippen molar-refractivity contribution >= 4 is 17.7 Å². The summed E-state index contributed by atoms with van der Waals surface area (Å²) in [5.41, 5.74) is 0.601. The number of amides is 1. The SMILES string of the molecule is CN(CCOc1ccccc1)C(=O)c1cccnc1Sc1ccccc1. The molecule has 5 heteroatoms. The van der Waals surface area contributed by atoms with Gasteiger partial charge in [-0.2, -0.15) is 0 Å². The van der Waals surface area contributed by atoms with Crippen LogP contribution < -0.4 is 4.74 Å². The molecule has 4 nitrogen and oxygen atoms in total. The molecule has 0 bridgehead atoms. The molecule has 0 aliphatic carbocycles. The van der Waals surface area contributed by atoms with E-state index in [0.29, 0.717) is 23.7 Å². The summed E-state index contributed by atoms with van der Waals surface area (Å²) in [6.07, 6.45) is 1.71. The monoisotopic (exact) mass is 364 g/mol. The van der Waals surface area contributed by atoms with Crippen molar-refractivity contribution in [2.24, 2.45) is 0 Å². The third kappa shape index (κ3) is 4.86. The Hall–Kier alpha value is -2.79. The van der Waals surface area contributed by atoms with Crippen LogP contribution >= 0.6 is 11.8 Å². The fourth-order valence-electron chi connectivity index (χ4n) is 2.36. The first kappa shape index (κ1) is 18.0. The lowest BCUT2D eigenvalue weighted by atomic mass is 10.2. The van der Waals surface area contributed by atoms with Gasteiger partial charge in [0.15, 0.2) is 0 Å². The van der Waals surface area contributed by atoms with E-state index in [4.69, 9.17) is 4.74 Å².